The largest absolute Gasteiger partial charge is 0.462 e. The Morgan fingerprint density at radius 1 is 1.03 bits per heavy atom. The number of nitro benzene ring substituents is 1. The SMILES string of the molecule is CCOC(=O)c1ccc(NC(=O)COC(=O)[C@@H]2CC(=O)N(NC(=O)c3ccc([N+](=O)[O-])cc3)C2)cc1. The first-order valence-corrected chi connectivity index (χ1v) is 10.8. The number of nitro groups is 1. The minimum atomic E-state index is -0.897. The van der Waals surface area contributed by atoms with Crippen LogP contribution in [0, 0.1) is 16.0 Å². The van der Waals surface area contributed by atoms with Crippen molar-refractivity contribution < 1.29 is 38.4 Å². The molecular formula is C23H22N4O9. The average Bonchev–Trinajstić information content (AvgIpc) is 3.23. The van der Waals surface area contributed by atoms with Crippen molar-refractivity contribution in [1.29, 1.82) is 0 Å². The molecule has 2 aromatic rings. The van der Waals surface area contributed by atoms with Crippen LogP contribution in [0.4, 0.5) is 11.4 Å². The lowest BCUT2D eigenvalue weighted by atomic mass is 10.1. The number of rotatable bonds is 9. The molecule has 2 N–H and O–H groups in total. The number of anilines is 1. The van der Waals surface area contributed by atoms with Gasteiger partial charge in [0.1, 0.15) is 0 Å². The van der Waals surface area contributed by atoms with Crippen LogP contribution in [-0.4, -0.2) is 59.4 Å². The molecule has 0 spiro atoms. The quantitative estimate of drug-likeness (QED) is 0.294. The summed E-state index contributed by atoms with van der Waals surface area (Å²) in [6.45, 7) is 1.16. The minimum Gasteiger partial charge on any atom is -0.462 e. The zero-order chi connectivity index (χ0) is 26.2. The summed E-state index contributed by atoms with van der Waals surface area (Å²) in [6, 6.07) is 10.7. The summed E-state index contributed by atoms with van der Waals surface area (Å²) in [5.74, 6) is -4.01. The molecule has 0 radical (unpaired) electrons. The van der Waals surface area contributed by atoms with Crippen LogP contribution < -0.4 is 10.7 Å². The van der Waals surface area contributed by atoms with Gasteiger partial charge in [0.05, 0.1) is 29.6 Å². The van der Waals surface area contributed by atoms with Gasteiger partial charge in [0.25, 0.3) is 17.5 Å². The van der Waals surface area contributed by atoms with E-state index < -0.39 is 47.1 Å². The van der Waals surface area contributed by atoms with Gasteiger partial charge in [-0.15, -0.1) is 0 Å². The van der Waals surface area contributed by atoms with E-state index in [1.54, 1.807) is 6.92 Å². The number of carbonyl (C=O) groups is 5. The third kappa shape index (κ3) is 6.62. The highest BCUT2D eigenvalue weighted by atomic mass is 16.6. The van der Waals surface area contributed by atoms with Gasteiger partial charge in [0, 0.05) is 29.8 Å². The number of hydrogen-bond acceptors (Lipinski definition) is 9. The van der Waals surface area contributed by atoms with Gasteiger partial charge in [0.2, 0.25) is 5.91 Å². The fourth-order valence-electron chi connectivity index (χ4n) is 3.25. The minimum absolute atomic E-state index is 0.0892. The van der Waals surface area contributed by atoms with E-state index in [1.165, 1.54) is 36.4 Å². The Hall–Kier alpha value is -4.81. The predicted octanol–water partition coefficient (Wildman–Crippen LogP) is 1.45. The van der Waals surface area contributed by atoms with Gasteiger partial charge in [-0.25, -0.2) is 4.79 Å². The number of ether oxygens (including phenoxy) is 2. The molecule has 1 atom stereocenters. The van der Waals surface area contributed by atoms with E-state index in [0.717, 1.165) is 17.1 Å². The van der Waals surface area contributed by atoms with Crippen LogP contribution in [0.15, 0.2) is 48.5 Å². The van der Waals surface area contributed by atoms with E-state index in [9.17, 15) is 34.1 Å². The van der Waals surface area contributed by atoms with Crippen LogP contribution in [0.1, 0.15) is 34.1 Å². The van der Waals surface area contributed by atoms with Gasteiger partial charge >= 0.3 is 11.9 Å². The maximum absolute atomic E-state index is 12.3. The second kappa shape index (κ2) is 11.6. The first-order valence-electron chi connectivity index (χ1n) is 10.8. The molecule has 1 aliphatic heterocycles. The molecule has 3 amide bonds. The molecular weight excluding hydrogens is 476 g/mol. The molecule has 2 aromatic carbocycles. The van der Waals surface area contributed by atoms with E-state index in [4.69, 9.17) is 9.47 Å². The van der Waals surface area contributed by atoms with E-state index >= 15 is 0 Å². The van der Waals surface area contributed by atoms with Crippen LogP contribution in [0.2, 0.25) is 0 Å². The highest BCUT2D eigenvalue weighted by Gasteiger charge is 2.36. The first-order chi connectivity index (χ1) is 17.2. The van der Waals surface area contributed by atoms with Crippen molar-refractivity contribution in [3.05, 3.63) is 69.8 Å². The zero-order valence-electron chi connectivity index (χ0n) is 19.1. The van der Waals surface area contributed by atoms with Gasteiger partial charge in [-0.05, 0) is 43.3 Å². The maximum Gasteiger partial charge on any atom is 0.338 e. The Morgan fingerprint density at radius 2 is 1.67 bits per heavy atom. The van der Waals surface area contributed by atoms with E-state index in [0.29, 0.717) is 11.3 Å². The molecule has 13 heteroatoms. The molecule has 0 bridgehead atoms. The molecule has 0 aliphatic carbocycles. The monoisotopic (exact) mass is 498 g/mol. The molecule has 0 aromatic heterocycles. The van der Waals surface area contributed by atoms with Crippen LogP contribution >= 0.6 is 0 Å². The van der Waals surface area contributed by atoms with E-state index in [2.05, 4.69) is 10.7 Å². The number of nitrogens with zero attached hydrogens (tertiary/aromatic N) is 2. The van der Waals surface area contributed by atoms with Crippen LogP contribution in [0.25, 0.3) is 0 Å². The summed E-state index contributed by atoms with van der Waals surface area (Å²) in [5, 5.41) is 14.2. The Kier molecular flexibility index (Phi) is 8.28. The van der Waals surface area contributed by atoms with Gasteiger partial charge in [-0.3, -0.25) is 39.7 Å². The molecule has 1 aliphatic rings. The fraction of sp³-hybridized carbons (Fsp3) is 0.261. The van der Waals surface area contributed by atoms with Crippen molar-refractivity contribution >= 4 is 41.0 Å². The summed E-state index contributed by atoms with van der Waals surface area (Å²) >= 11 is 0. The topological polar surface area (TPSA) is 174 Å². The lowest BCUT2D eigenvalue weighted by Crippen LogP contribution is -2.43. The summed E-state index contributed by atoms with van der Waals surface area (Å²) in [6.07, 6.45) is -0.226. The highest BCUT2D eigenvalue weighted by Crippen LogP contribution is 2.19. The standard InChI is InChI=1S/C23H22N4O9/c1-2-35-22(31)15-3-7-17(8-4-15)24-19(28)13-36-23(32)16-11-20(29)26(12-16)25-21(30)14-5-9-18(10-6-14)27(33)34/h3-10,16H,2,11-13H2,1H3,(H,24,28)(H,25,30)/t16-/m1/s1. The van der Waals surface area contributed by atoms with Gasteiger partial charge in [0.15, 0.2) is 6.61 Å². The van der Waals surface area contributed by atoms with Crippen molar-refractivity contribution in [3.8, 4) is 0 Å². The molecule has 0 unspecified atom stereocenters. The second-order valence-corrected chi connectivity index (χ2v) is 7.60. The number of carbonyl (C=O) groups excluding carboxylic acids is 5. The second-order valence-electron chi connectivity index (χ2n) is 7.60. The lowest BCUT2D eigenvalue weighted by molar-refractivity contribution is -0.384. The first kappa shape index (κ1) is 25.8. The van der Waals surface area contributed by atoms with E-state index in [1.807, 2.05) is 0 Å². The zero-order valence-corrected chi connectivity index (χ0v) is 19.1. The molecule has 3 rings (SSSR count). The van der Waals surface area contributed by atoms with Gasteiger partial charge < -0.3 is 14.8 Å². The summed E-state index contributed by atoms with van der Waals surface area (Å²) in [5.41, 5.74) is 2.94. The van der Waals surface area contributed by atoms with Crippen molar-refractivity contribution in [3.63, 3.8) is 0 Å². The Bertz CT molecular complexity index is 1180. The third-order valence-corrected chi connectivity index (χ3v) is 5.06. The number of esters is 2. The fourth-order valence-corrected chi connectivity index (χ4v) is 3.25. The Morgan fingerprint density at radius 3 is 2.28 bits per heavy atom. The molecule has 1 fully saturated rings. The molecule has 1 saturated heterocycles. The smallest absolute Gasteiger partial charge is 0.338 e. The Labute approximate surface area is 204 Å². The van der Waals surface area contributed by atoms with Crippen molar-refractivity contribution in [2.75, 3.05) is 25.1 Å². The van der Waals surface area contributed by atoms with Crippen molar-refractivity contribution in [1.82, 2.24) is 10.4 Å². The van der Waals surface area contributed by atoms with Gasteiger partial charge in [-0.1, -0.05) is 0 Å². The van der Waals surface area contributed by atoms with E-state index in [-0.39, 0.29) is 30.8 Å². The summed E-state index contributed by atoms with van der Waals surface area (Å²) in [4.78, 5) is 70.7. The number of hydrogen-bond donors (Lipinski definition) is 2. The summed E-state index contributed by atoms with van der Waals surface area (Å²) in [7, 11) is 0. The maximum atomic E-state index is 12.3. The van der Waals surface area contributed by atoms with Crippen LogP contribution in [0.3, 0.4) is 0 Å². The number of amides is 3. The highest BCUT2D eigenvalue weighted by molar-refractivity contribution is 5.97. The number of nitrogens with one attached hydrogen (secondary N) is 2. The predicted molar refractivity (Wildman–Crippen MR) is 122 cm³/mol. The average molecular weight is 498 g/mol. The molecule has 188 valence electrons. The number of benzene rings is 2. The normalized spacial score (nSPS) is 14.6. The van der Waals surface area contributed by atoms with Crippen LogP contribution in [-0.2, 0) is 23.9 Å². The number of hydrazine groups is 1. The third-order valence-electron chi connectivity index (χ3n) is 5.06. The molecule has 13 nitrogen and oxygen atoms in total. The summed E-state index contributed by atoms with van der Waals surface area (Å²) < 4.78 is 9.87. The Balaban J connectivity index is 1.46. The van der Waals surface area contributed by atoms with Crippen molar-refractivity contribution in [2.24, 2.45) is 5.92 Å². The molecule has 36 heavy (non-hydrogen) atoms. The number of non-ortho nitro benzene ring substituents is 1. The van der Waals surface area contributed by atoms with Crippen molar-refractivity contribution in [2.45, 2.75) is 13.3 Å². The molecule has 1 heterocycles. The lowest BCUT2D eigenvalue weighted by Gasteiger charge is -2.17. The molecule has 0 saturated carbocycles. The van der Waals surface area contributed by atoms with Crippen LogP contribution in [0.5, 0.6) is 0 Å². The van der Waals surface area contributed by atoms with Gasteiger partial charge in [-0.2, -0.15) is 0 Å².